The maximum absolute atomic E-state index is 9.60. The Morgan fingerprint density at radius 3 is 2.67 bits per heavy atom. The molecule has 0 saturated carbocycles. The van der Waals surface area contributed by atoms with Crippen LogP contribution in [0.25, 0.3) is 0 Å². The summed E-state index contributed by atoms with van der Waals surface area (Å²) in [6.45, 7) is 6.27. The summed E-state index contributed by atoms with van der Waals surface area (Å²) in [6, 6.07) is 8.43. The first kappa shape index (κ1) is 12.7. The fourth-order valence-corrected chi connectivity index (χ4v) is 1.71. The molecule has 0 saturated heterocycles. The highest BCUT2D eigenvalue weighted by atomic mass is 79.9. The third-order valence-corrected chi connectivity index (χ3v) is 2.68. The van der Waals surface area contributed by atoms with E-state index in [9.17, 15) is 5.11 Å². The molecule has 0 aliphatic rings. The molecule has 0 fully saturated rings. The minimum Gasteiger partial charge on any atom is -0.389 e. The molecule has 2 N–H and O–H groups in total. The second-order valence-corrected chi connectivity index (χ2v) is 5.39. The van der Waals surface area contributed by atoms with Crippen LogP contribution in [0.15, 0.2) is 28.7 Å². The molecule has 1 aromatic carbocycles. The van der Waals surface area contributed by atoms with Gasteiger partial charge in [0.2, 0.25) is 0 Å². The molecule has 1 rings (SSSR count). The average Bonchev–Trinajstić information content (AvgIpc) is 2.13. The van der Waals surface area contributed by atoms with Gasteiger partial charge in [0.25, 0.3) is 0 Å². The van der Waals surface area contributed by atoms with Gasteiger partial charge in [-0.25, -0.2) is 0 Å². The Morgan fingerprint density at radius 1 is 1.47 bits per heavy atom. The van der Waals surface area contributed by atoms with E-state index in [0.717, 1.165) is 4.47 Å². The van der Waals surface area contributed by atoms with Crippen molar-refractivity contribution in [3.8, 4) is 0 Å². The van der Waals surface area contributed by atoms with Gasteiger partial charge < -0.3 is 10.4 Å². The summed E-state index contributed by atoms with van der Waals surface area (Å²) in [5.41, 5.74) is 0.550. The van der Waals surface area contributed by atoms with Gasteiger partial charge >= 0.3 is 0 Å². The molecule has 1 aromatic rings. The third-order valence-electron chi connectivity index (χ3n) is 2.19. The van der Waals surface area contributed by atoms with Crippen LogP contribution in [0.3, 0.4) is 0 Å². The van der Waals surface area contributed by atoms with Crippen molar-refractivity contribution in [1.29, 1.82) is 0 Å². The zero-order valence-corrected chi connectivity index (χ0v) is 11.0. The highest BCUT2D eigenvalue weighted by Crippen LogP contribution is 2.18. The van der Waals surface area contributed by atoms with Crippen molar-refractivity contribution in [2.45, 2.75) is 32.4 Å². The van der Waals surface area contributed by atoms with Crippen molar-refractivity contribution in [1.82, 2.24) is 5.32 Å². The Bertz CT molecular complexity index is 320. The number of benzene rings is 1. The van der Waals surface area contributed by atoms with Crippen LogP contribution < -0.4 is 5.32 Å². The van der Waals surface area contributed by atoms with E-state index in [1.807, 2.05) is 12.1 Å². The molecule has 0 amide bonds. The highest BCUT2D eigenvalue weighted by molar-refractivity contribution is 9.10. The van der Waals surface area contributed by atoms with E-state index >= 15 is 0 Å². The molecule has 0 heterocycles. The largest absolute Gasteiger partial charge is 0.389 e. The third kappa shape index (κ3) is 4.78. The van der Waals surface area contributed by atoms with Crippen LogP contribution in [0.4, 0.5) is 0 Å². The summed E-state index contributed by atoms with van der Waals surface area (Å²) >= 11 is 3.44. The molecule has 0 aromatic heterocycles. The molecule has 0 radical (unpaired) electrons. The van der Waals surface area contributed by atoms with Crippen molar-refractivity contribution >= 4 is 15.9 Å². The van der Waals surface area contributed by atoms with E-state index in [1.165, 1.54) is 5.56 Å². The number of rotatable bonds is 4. The molecular formula is C12H18BrNO. The predicted octanol–water partition coefficient (Wildman–Crippen LogP) is 2.87. The standard InChI is InChI=1S/C12H18BrNO/c1-9(14-8-12(2,3)15)10-5-4-6-11(13)7-10/h4-7,9,14-15H,8H2,1-3H3/t9-/m1/s1. The summed E-state index contributed by atoms with van der Waals surface area (Å²) in [4.78, 5) is 0. The molecule has 0 unspecified atom stereocenters. The van der Waals surface area contributed by atoms with Gasteiger partial charge in [-0.05, 0) is 38.5 Å². The van der Waals surface area contributed by atoms with Crippen LogP contribution >= 0.6 is 15.9 Å². The number of aliphatic hydroxyl groups is 1. The van der Waals surface area contributed by atoms with E-state index in [0.29, 0.717) is 6.54 Å². The van der Waals surface area contributed by atoms with Gasteiger partial charge in [-0.2, -0.15) is 0 Å². The van der Waals surface area contributed by atoms with E-state index < -0.39 is 5.60 Å². The van der Waals surface area contributed by atoms with Crippen LogP contribution in [-0.4, -0.2) is 17.3 Å². The molecule has 0 aliphatic carbocycles. The molecule has 0 spiro atoms. The molecule has 15 heavy (non-hydrogen) atoms. The fourth-order valence-electron chi connectivity index (χ4n) is 1.30. The van der Waals surface area contributed by atoms with Gasteiger partial charge in [-0.15, -0.1) is 0 Å². The minimum atomic E-state index is -0.666. The Balaban J connectivity index is 2.58. The minimum absolute atomic E-state index is 0.244. The normalized spacial score (nSPS) is 13.9. The monoisotopic (exact) mass is 271 g/mol. The van der Waals surface area contributed by atoms with Crippen molar-refractivity contribution in [2.24, 2.45) is 0 Å². The quantitative estimate of drug-likeness (QED) is 0.883. The zero-order valence-electron chi connectivity index (χ0n) is 9.42. The molecular weight excluding hydrogens is 254 g/mol. The van der Waals surface area contributed by atoms with Gasteiger partial charge in [-0.3, -0.25) is 0 Å². The van der Waals surface area contributed by atoms with Crippen LogP contribution in [0.1, 0.15) is 32.4 Å². The topological polar surface area (TPSA) is 32.3 Å². The van der Waals surface area contributed by atoms with Crippen molar-refractivity contribution < 1.29 is 5.11 Å². The van der Waals surface area contributed by atoms with Crippen LogP contribution in [0.2, 0.25) is 0 Å². The molecule has 2 nitrogen and oxygen atoms in total. The van der Waals surface area contributed by atoms with E-state index in [-0.39, 0.29) is 6.04 Å². The maximum atomic E-state index is 9.60. The first-order valence-corrected chi connectivity index (χ1v) is 5.89. The molecule has 3 heteroatoms. The molecule has 1 atom stereocenters. The fraction of sp³-hybridized carbons (Fsp3) is 0.500. The van der Waals surface area contributed by atoms with Crippen LogP contribution in [0.5, 0.6) is 0 Å². The number of hydrogen-bond acceptors (Lipinski definition) is 2. The summed E-state index contributed by atoms with van der Waals surface area (Å²) in [7, 11) is 0. The summed E-state index contributed by atoms with van der Waals surface area (Å²) in [5, 5.41) is 12.9. The van der Waals surface area contributed by atoms with Crippen LogP contribution in [-0.2, 0) is 0 Å². The highest BCUT2D eigenvalue weighted by Gasteiger charge is 2.14. The molecule has 0 aliphatic heterocycles. The first-order valence-electron chi connectivity index (χ1n) is 5.10. The second-order valence-electron chi connectivity index (χ2n) is 4.47. The van der Waals surface area contributed by atoms with Gasteiger partial charge in [0.05, 0.1) is 5.60 Å². The Labute approximate surface area is 99.8 Å². The predicted molar refractivity (Wildman–Crippen MR) is 66.9 cm³/mol. The van der Waals surface area contributed by atoms with E-state index in [1.54, 1.807) is 13.8 Å². The second kappa shape index (κ2) is 5.10. The Kier molecular flexibility index (Phi) is 4.32. The van der Waals surface area contributed by atoms with Crippen LogP contribution in [0, 0.1) is 0 Å². The lowest BCUT2D eigenvalue weighted by Crippen LogP contribution is -2.36. The van der Waals surface area contributed by atoms with E-state index in [4.69, 9.17) is 0 Å². The molecule has 0 bridgehead atoms. The average molecular weight is 272 g/mol. The number of hydrogen-bond donors (Lipinski definition) is 2. The SMILES string of the molecule is C[C@@H](NCC(C)(C)O)c1cccc(Br)c1. The van der Waals surface area contributed by atoms with Crippen molar-refractivity contribution in [3.63, 3.8) is 0 Å². The van der Waals surface area contributed by atoms with Gasteiger partial charge in [-0.1, -0.05) is 28.1 Å². The smallest absolute Gasteiger partial charge is 0.0715 e. The lowest BCUT2D eigenvalue weighted by Gasteiger charge is -2.22. The Morgan fingerprint density at radius 2 is 2.13 bits per heavy atom. The lowest BCUT2D eigenvalue weighted by atomic mass is 10.1. The molecule has 84 valence electrons. The van der Waals surface area contributed by atoms with Gasteiger partial charge in [0.15, 0.2) is 0 Å². The zero-order chi connectivity index (χ0) is 11.5. The summed E-state index contributed by atoms with van der Waals surface area (Å²) < 4.78 is 1.08. The van der Waals surface area contributed by atoms with Crippen molar-refractivity contribution in [3.05, 3.63) is 34.3 Å². The van der Waals surface area contributed by atoms with Crippen molar-refractivity contribution in [2.75, 3.05) is 6.54 Å². The summed E-state index contributed by atoms with van der Waals surface area (Å²) in [5.74, 6) is 0. The van der Waals surface area contributed by atoms with Gasteiger partial charge in [0.1, 0.15) is 0 Å². The van der Waals surface area contributed by atoms with E-state index in [2.05, 4.69) is 40.3 Å². The lowest BCUT2D eigenvalue weighted by molar-refractivity contribution is 0.0770. The van der Waals surface area contributed by atoms with Gasteiger partial charge in [0, 0.05) is 17.1 Å². The first-order chi connectivity index (χ1) is 6.88. The number of halogens is 1. The Hall–Kier alpha value is -0.380. The number of nitrogens with one attached hydrogen (secondary N) is 1. The summed E-state index contributed by atoms with van der Waals surface area (Å²) in [6.07, 6.45) is 0. The maximum Gasteiger partial charge on any atom is 0.0715 e.